The van der Waals surface area contributed by atoms with Crippen LogP contribution in [0.5, 0.6) is 0 Å². The van der Waals surface area contributed by atoms with Gasteiger partial charge in [-0.15, -0.1) is 13.2 Å². The maximum atomic E-state index is 11.6. The predicted molar refractivity (Wildman–Crippen MR) is 67.9 cm³/mol. The van der Waals surface area contributed by atoms with E-state index in [1.165, 1.54) is 11.9 Å². The molecule has 0 aromatic rings. The van der Waals surface area contributed by atoms with Crippen LogP contribution in [-0.4, -0.2) is 29.8 Å². The van der Waals surface area contributed by atoms with Crippen molar-refractivity contribution in [3.05, 3.63) is 25.3 Å². The highest BCUT2D eigenvalue weighted by atomic mass is 32.2. The molecule has 0 saturated heterocycles. The van der Waals surface area contributed by atoms with Gasteiger partial charge in [-0.3, -0.25) is 4.72 Å². The molecule has 0 aliphatic rings. The van der Waals surface area contributed by atoms with Crippen LogP contribution in [-0.2, 0) is 0 Å². The van der Waals surface area contributed by atoms with Crippen LogP contribution < -0.4 is 4.72 Å². The summed E-state index contributed by atoms with van der Waals surface area (Å²) in [5, 5.41) is 0. The molecule has 0 heterocycles. The largest absolute Gasteiger partial charge is 0.327 e. The SMILES string of the molecule is C=CCN(CC=C)C(=O)NSCCCC. The first kappa shape index (κ1) is 14.1. The molecule has 2 amide bonds. The number of carbonyl (C=O) groups is 1. The maximum absolute atomic E-state index is 11.6. The maximum Gasteiger partial charge on any atom is 0.327 e. The topological polar surface area (TPSA) is 32.3 Å². The van der Waals surface area contributed by atoms with Crippen LogP contribution in [0.3, 0.4) is 0 Å². The number of hydrogen-bond acceptors (Lipinski definition) is 2. The van der Waals surface area contributed by atoms with Crippen LogP contribution in [0.15, 0.2) is 25.3 Å². The average Bonchev–Trinajstić information content (AvgIpc) is 2.24. The molecular formula is C11H20N2OS. The van der Waals surface area contributed by atoms with Gasteiger partial charge in [0, 0.05) is 18.8 Å². The van der Waals surface area contributed by atoms with Crippen LogP contribution in [0.1, 0.15) is 19.8 Å². The van der Waals surface area contributed by atoms with E-state index >= 15 is 0 Å². The minimum absolute atomic E-state index is 0.0732. The van der Waals surface area contributed by atoms with Gasteiger partial charge in [-0.25, -0.2) is 4.79 Å². The highest BCUT2D eigenvalue weighted by molar-refractivity contribution is 7.97. The summed E-state index contributed by atoms with van der Waals surface area (Å²) in [6.07, 6.45) is 5.68. The summed E-state index contributed by atoms with van der Waals surface area (Å²) in [5.74, 6) is 0.957. The first-order valence-electron chi connectivity index (χ1n) is 5.14. The smallest absolute Gasteiger partial charge is 0.317 e. The lowest BCUT2D eigenvalue weighted by Crippen LogP contribution is -2.37. The van der Waals surface area contributed by atoms with E-state index < -0.39 is 0 Å². The van der Waals surface area contributed by atoms with Gasteiger partial charge in [-0.2, -0.15) is 0 Å². The number of rotatable bonds is 8. The molecule has 86 valence electrons. The van der Waals surface area contributed by atoms with E-state index in [1.54, 1.807) is 17.1 Å². The molecular weight excluding hydrogens is 208 g/mol. The molecule has 0 bridgehead atoms. The van der Waals surface area contributed by atoms with Crippen LogP contribution in [0.4, 0.5) is 4.79 Å². The van der Waals surface area contributed by atoms with Gasteiger partial charge in [0.15, 0.2) is 0 Å². The second-order valence-corrected chi connectivity index (χ2v) is 3.99. The molecule has 0 aromatic carbocycles. The van der Waals surface area contributed by atoms with Crippen molar-refractivity contribution in [2.75, 3.05) is 18.8 Å². The van der Waals surface area contributed by atoms with Crippen LogP contribution in [0.2, 0.25) is 0 Å². The minimum atomic E-state index is -0.0732. The van der Waals surface area contributed by atoms with Crippen molar-refractivity contribution < 1.29 is 4.79 Å². The third kappa shape index (κ3) is 7.08. The Bertz CT molecular complexity index is 197. The molecule has 0 saturated carbocycles. The number of urea groups is 1. The van der Waals surface area contributed by atoms with Gasteiger partial charge < -0.3 is 4.90 Å². The Morgan fingerprint density at radius 2 is 2.00 bits per heavy atom. The molecule has 0 atom stereocenters. The quantitative estimate of drug-likeness (QED) is 0.393. The number of nitrogens with zero attached hydrogens (tertiary/aromatic N) is 1. The Morgan fingerprint density at radius 1 is 1.40 bits per heavy atom. The Morgan fingerprint density at radius 3 is 2.47 bits per heavy atom. The van der Waals surface area contributed by atoms with E-state index in [1.807, 2.05) is 0 Å². The van der Waals surface area contributed by atoms with Gasteiger partial charge in [0.25, 0.3) is 0 Å². The van der Waals surface area contributed by atoms with Gasteiger partial charge in [0.1, 0.15) is 0 Å². The van der Waals surface area contributed by atoms with Gasteiger partial charge in [0.05, 0.1) is 0 Å². The fraction of sp³-hybridized carbons (Fsp3) is 0.545. The lowest BCUT2D eigenvalue weighted by molar-refractivity contribution is 0.215. The Hall–Kier alpha value is -0.900. The molecule has 0 aromatic heterocycles. The highest BCUT2D eigenvalue weighted by Crippen LogP contribution is 2.01. The molecule has 0 rings (SSSR count). The summed E-state index contributed by atoms with van der Waals surface area (Å²) in [6, 6.07) is -0.0732. The molecule has 0 aliphatic carbocycles. The van der Waals surface area contributed by atoms with E-state index in [0.717, 1.165) is 18.6 Å². The molecule has 1 N–H and O–H groups in total. The van der Waals surface area contributed by atoms with Crippen molar-refractivity contribution in [3.63, 3.8) is 0 Å². The third-order valence-electron chi connectivity index (χ3n) is 1.75. The monoisotopic (exact) mass is 228 g/mol. The zero-order valence-electron chi connectivity index (χ0n) is 9.37. The van der Waals surface area contributed by atoms with E-state index in [4.69, 9.17) is 0 Å². The molecule has 0 spiro atoms. The average molecular weight is 228 g/mol. The summed E-state index contributed by atoms with van der Waals surface area (Å²) >= 11 is 1.46. The minimum Gasteiger partial charge on any atom is -0.317 e. The van der Waals surface area contributed by atoms with Crippen molar-refractivity contribution in [2.24, 2.45) is 0 Å². The first-order chi connectivity index (χ1) is 7.26. The van der Waals surface area contributed by atoms with Crippen LogP contribution in [0, 0.1) is 0 Å². The van der Waals surface area contributed by atoms with Crippen molar-refractivity contribution in [3.8, 4) is 0 Å². The Kier molecular flexibility index (Phi) is 9.07. The Balaban J connectivity index is 3.80. The number of carbonyl (C=O) groups excluding carboxylic acids is 1. The molecule has 3 nitrogen and oxygen atoms in total. The number of amides is 2. The predicted octanol–water partition coefficient (Wildman–Crippen LogP) is 2.82. The second-order valence-electron chi connectivity index (χ2n) is 3.09. The Labute approximate surface area is 96.7 Å². The van der Waals surface area contributed by atoms with Crippen molar-refractivity contribution in [1.82, 2.24) is 9.62 Å². The van der Waals surface area contributed by atoms with Crippen molar-refractivity contribution in [2.45, 2.75) is 19.8 Å². The van der Waals surface area contributed by atoms with E-state index in [9.17, 15) is 4.79 Å². The van der Waals surface area contributed by atoms with Gasteiger partial charge in [0.2, 0.25) is 0 Å². The van der Waals surface area contributed by atoms with Crippen molar-refractivity contribution in [1.29, 1.82) is 0 Å². The standard InChI is InChI=1S/C11H20N2OS/c1-4-7-10-15-12-11(14)13(8-5-2)9-6-3/h5-6H,2-4,7-10H2,1H3,(H,12,14). The van der Waals surface area contributed by atoms with Crippen LogP contribution in [0.25, 0.3) is 0 Å². The van der Waals surface area contributed by atoms with Gasteiger partial charge >= 0.3 is 6.03 Å². The number of nitrogens with one attached hydrogen (secondary N) is 1. The van der Waals surface area contributed by atoms with E-state index in [2.05, 4.69) is 24.8 Å². The molecule has 0 fully saturated rings. The van der Waals surface area contributed by atoms with Crippen molar-refractivity contribution >= 4 is 18.0 Å². The van der Waals surface area contributed by atoms with E-state index in [0.29, 0.717) is 13.1 Å². The zero-order valence-corrected chi connectivity index (χ0v) is 10.2. The molecule has 0 unspecified atom stereocenters. The van der Waals surface area contributed by atoms with E-state index in [-0.39, 0.29) is 6.03 Å². The normalized spacial score (nSPS) is 9.40. The summed E-state index contributed by atoms with van der Waals surface area (Å²) in [7, 11) is 0. The summed E-state index contributed by atoms with van der Waals surface area (Å²) in [4.78, 5) is 13.2. The van der Waals surface area contributed by atoms with Gasteiger partial charge in [-0.05, 0) is 18.4 Å². The zero-order chi connectivity index (χ0) is 11.5. The fourth-order valence-electron chi connectivity index (χ4n) is 0.946. The fourth-order valence-corrected chi connectivity index (χ4v) is 1.73. The summed E-state index contributed by atoms with van der Waals surface area (Å²) < 4.78 is 2.80. The second kappa shape index (κ2) is 9.65. The number of hydrogen-bond donors (Lipinski definition) is 1. The molecule has 0 aliphatic heterocycles. The molecule has 4 heteroatoms. The molecule has 0 radical (unpaired) electrons. The van der Waals surface area contributed by atoms with Crippen LogP contribution >= 0.6 is 11.9 Å². The lowest BCUT2D eigenvalue weighted by atomic mass is 10.4. The van der Waals surface area contributed by atoms with Gasteiger partial charge in [-0.1, -0.05) is 25.5 Å². The summed E-state index contributed by atoms with van der Waals surface area (Å²) in [5.41, 5.74) is 0. The highest BCUT2D eigenvalue weighted by Gasteiger charge is 2.08. The number of unbranched alkanes of at least 4 members (excludes halogenated alkanes) is 1. The first-order valence-corrected chi connectivity index (χ1v) is 6.13. The summed E-state index contributed by atoms with van der Waals surface area (Å²) in [6.45, 7) is 10.4. The molecule has 15 heavy (non-hydrogen) atoms. The third-order valence-corrected chi connectivity index (χ3v) is 2.56. The lowest BCUT2D eigenvalue weighted by Gasteiger charge is -2.19.